The standard InChI is InChI=1S/C22H21ClN2O2/c23-19-7-5-17(6-8-19)21(26)20(16-9-11-24-12-10-16)15-1-3-18(4-2-15)22-25-13-14-27-22/h1-8,24H,9-14H2. The molecule has 0 radical (unpaired) electrons. The number of nitrogens with one attached hydrogen (secondary N) is 1. The van der Waals surface area contributed by atoms with E-state index in [1.54, 1.807) is 24.3 Å². The Hall–Kier alpha value is -2.43. The minimum Gasteiger partial charge on any atom is -0.476 e. The van der Waals surface area contributed by atoms with Gasteiger partial charge in [-0.15, -0.1) is 0 Å². The third-order valence-electron chi connectivity index (χ3n) is 4.90. The summed E-state index contributed by atoms with van der Waals surface area (Å²) in [5, 5.41) is 3.99. The Morgan fingerprint density at radius 2 is 1.63 bits per heavy atom. The fourth-order valence-electron chi connectivity index (χ4n) is 3.51. The Labute approximate surface area is 163 Å². The molecule has 2 aliphatic heterocycles. The molecule has 0 unspecified atom stereocenters. The molecule has 0 bridgehead atoms. The van der Waals surface area contributed by atoms with Crippen LogP contribution in [0.2, 0.25) is 5.02 Å². The molecule has 5 heteroatoms. The number of benzene rings is 2. The lowest BCUT2D eigenvalue weighted by Crippen LogP contribution is -2.24. The van der Waals surface area contributed by atoms with Crippen LogP contribution in [0, 0.1) is 0 Å². The van der Waals surface area contributed by atoms with Crippen LogP contribution in [0.15, 0.2) is 59.1 Å². The molecule has 1 fully saturated rings. The molecule has 4 nitrogen and oxygen atoms in total. The SMILES string of the molecule is O=C(C(=C1CCNCC1)c1ccc(C2=NCCO2)cc1)c1ccc(Cl)cc1. The predicted molar refractivity (Wildman–Crippen MR) is 109 cm³/mol. The van der Waals surface area contributed by atoms with Crippen LogP contribution in [0.3, 0.4) is 0 Å². The number of nitrogens with zero attached hydrogens (tertiary/aromatic N) is 1. The number of hydrogen-bond donors (Lipinski definition) is 1. The van der Waals surface area contributed by atoms with Crippen molar-refractivity contribution in [1.82, 2.24) is 5.32 Å². The molecule has 0 saturated carbocycles. The molecule has 1 N–H and O–H groups in total. The molecule has 0 spiro atoms. The molecule has 27 heavy (non-hydrogen) atoms. The summed E-state index contributed by atoms with van der Waals surface area (Å²) in [6, 6.07) is 15.1. The van der Waals surface area contributed by atoms with Crippen LogP contribution >= 0.6 is 11.6 Å². The smallest absolute Gasteiger partial charge is 0.216 e. The number of halogens is 1. The molecule has 2 aliphatic rings. The summed E-state index contributed by atoms with van der Waals surface area (Å²) in [5.41, 5.74) is 4.56. The average Bonchev–Trinajstić information content (AvgIpc) is 3.25. The highest BCUT2D eigenvalue weighted by Gasteiger charge is 2.21. The van der Waals surface area contributed by atoms with E-state index in [9.17, 15) is 4.79 Å². The zero-order chi connectivity index (χ0) is 18.6. The number of ether oxygens (including phenoxy) is 1. The van der Waals surface area contributed by atoms with Crippen LogP contribution in [0.25, 0.3) is 5.57 Å². The van der Waals surface area contributed by atoms with Crippen LogP contribution in [-0.4, -0.2) is 37.9 Å². The van der Waals surface area contributed by atoms with Crippen molar-refractivity contribution in [2.45, 2.75) is 12.8 Å². The minimum atomic E-state index is 0.0470. The van der Waals surface area contributed by atoms with Crippen molar-refractivity contribution in [2.75, 3.05) is 26.2 Å². The second kappa shape index (κ2) is 8.07. The van der Waals surface area contributed by atoms with Gasteiger partial charge in [0.05, 0.1) is 6.54 Å². The Morgan fingerprint density at radius 3 is 2.26 bits per heavy atom. The summed E-state index contributed by atoms with van der Waals surface area (Å²) in [4.78, 5) is 17.7. The summed E-state index contributed by atoms with van der Waals surface area (Å²) < 4.78 is 5.53. The first-order valence-corrected chi connectivity index (χ1v) is 9.61. The fourth-order valence-corrected chi connectivity index (χ4v) is 3.64. The van der Waals surface area contributed by atoms with Crippen LogP contribution < -0.4 is 5.32 Å². The number of Topliss-reactive ketones (excluding diaryl/α,β-unsaturated/α-hetero) is 1. The van der Waals surface area contributed by atoms with Crippen molar-refractivity contribution < 1.29 is 9.53 Å². The number of carbonyl (C=O) groups is 1. The van der Waals surface area contributed by atoms with Gasteiger partial charge in [0.25, 0.3) is 0 Å². The second-order valence-corrected chi connectivity index (χ2v) is 7.11. The van der Waals surface area contributed by atoms with Gasteiger partial charge in [0.15, 0.2) is 5.78 Å². The quantitative estimate of drug-likeness (QED) is 0.640. The van der Waals surface area contributed by atoms with Gasteiger partial charge in [0, 0.05) is 21.7 Å². The molecule has 138 valence electrons. The third-order valence-corrected chi connectivity index (χ3v) is 5.15. The first kappa shape index (κ1) is 18.0. The van der Waals surface area contributed by atoms with Crippen LogP contribution in [0.4, 0.5) is 0 Å². The van der Waals surface area contributed by atoms with E-state index < -0.39 is 0 Å². The monoisotopic (exact) mass is 380 g/mol. The van der Waals surface area contributed by atoms with E-state index in [2.05, 4.69) is 10.3 Å². The van der Waals surface area contributed by atoms with E-state index in [0.717, 1.165) is 42.6 Å². The normalized spacial score (nSPS) is 16.6. The van der Waals surface area contributed by atoms with Crippen molar-refractivity contribution in [3.05, 3.63) is 75.8 Å². The van der Waals surface area contributed by atoms with Gasteiger partial charge in [-0.05, 0) is 67.9 Å². The molecule has 0 aliphatic carbocycles. The molecule has 1 saturated heterocycles. The highest BCUT2D eigenvalue weighted by molar-refractivity contribution is 6.32. The van der Waals surface area contributed by atoms with E-state index in [1.807, 2.05) is 24.3 Å². The van der Waals surface area contributed by atoms with Crippen LogP contribution in [0.5, 0.6) is 0 Å². The second-order valence-electron chi connectivity index (χ2n) is 6.68. The number of carbonyl (C=O) groups excluding carboxylic acids is 1. The van der Waals surface area contributed by atoms with Gasteiger partial charge in [-0.2, -0.15) is 0 Å². The van der Waals surface area contributed by atoms with Crippen molar-refractivity contribution in [3.63, 3.8) is 0 Å². The zero-order valence-electron chi connectivity index (χ0n) is 15.0. The van der Waals surface area contributed by atoms with Gasteiger partial charge < -0.3 is 10.1 Å². The minimum absolute atomic E-state index is 0.0470. The van der Waals surface area contributed by atoms with E-state index in [4.69, 9.17) is 16.3 Å². The van der Waals surface area contributed by atoms with Gasteiger partial charge in [-0.25, -0.2) is 4.99 Å². The molecule has 2 aromatic carbocycles. The van der Waals surface area contributed by atoms with Gasteiger partial charge >= 0.3 is 0 Å². The number of allylic oxidation sites excluding steroid dienone is 1. The Balaban J connectivity index is 1.72. The Bertz CT molecular complexity index is 891. The van der Waals surface area contributed by atoms with E-state index in [-0.39, 0.29) is 5.78 Å². The molecule has 0 aromatic heterocycles. The summed E-state index contributed by atoms with van der Waals surface area (Å²) in [6.45, 7) is 3.13. The molecule has 2 aromatic rings. The number of rotatable bonds is 4. The summed E-state index contributed by atoms with van der Waals surface area (Å²) in [6.07, 6.45) is 1.76. The fraction of sp³-hybridized carbons (Fsp3) is 0.273. The molecule has 0 amide bonds. The van der Waals surface area contributed by atoms with Gasteiger partial charge in [0.2, 0.25) is 5.90 Å². The number of aliphatic imine (C=N–C) groups is 1. The summed E-state index contributed by atoms with van der Waals surface area (Å²) in [7, 11) is 0. The van der Waals surface area contributed by atoms with Crippen molar-refractivity contribution in [1.29, 1.82) is 0 Å². The van der Waals surface area contributed by atoms with Gasteiger partial charge in [-0.3, -0.25) is 4.79 Å². The van der Waals surface area contributed by atoms with Gasteiger partial charge in [0.1, 0.15) is 6.61 Å². The molecule has 4 rings (SSSR count). The maximum absolute atomic E-state index is 13.3. The zero-order valence-corrected chi connectivity index (χ0v) is 15.8. The number of ketones is 1. The van der Waals surface area contributed by atoms with Crippen molar-refractivity contribution in [2.24, 2.45) is 4.99 Å². The average molecular weight is 381 g/mol. The number of hydrogen-bond acceptors (Lipinski definition) is 4. The Kier molecular flexibility index (Phi) is 5.37. The molecular formula is C22H21ClN2O2. The molecular weight excluding hydrogens is 360 g/mol. The number of piperidine rings is 1. The van der Waals surface area contributed by atoms with E-state index >= 15 is 0 Å². The van der Waals surface area contributed by atoms with Crippen molar-refractivity contribution in [3.8, 4) is 0 Å². The highest BCUT2D eigenvalue weighted by atomic mass is 35.5. The largest absolute Gasteiger partial charge is 0.476 e. The third kappa shape index (κ3) is 3.97. The van der Waals surface area contributed by atoms with Crippen LogP contribution in [-0.2, 0) is 4.74 Å². The first-order chi connectivity index (χ1) is 13.2. The first-order valence-electron chi connectivity index (χ1n) is 9.23. The maximum atomic E-state index is 13.3. The van der Waals surface area contributed by atoms with Crippen molar-refractivity contribution >= 4 is 28.9 Å². The maximum Gasteiger partial charge on any atom is 0.216 e. The van der Waals surface area contributed by atoms with Crippen LogP contribution in [0.1, 0.15) is 34.3 Å². The van der Waals surface area contributed by atoms with Gasteiger partial charge in [-0.1, -0.05) is 29.3 Å². The lowest BCUT2D eigenvalue weighted by atomic mass is 9.88. The Morgan fingerprint density at radius 1 is 0.963 bits per heavy atom. The topological polar surface area (TPSA) is 50.7 Å². The van der Waals surface area contributed by atoms with E-state index in [1.165, 1.54) is 5.57 Å². The lowest BCUT2D eigenvalue weighted by molar-refractivity contribution is 0.105. The summed E-state index contributed by atoms with van der Waals surface area (Å²) >= 11 is 5.99. The highest BCUT2D eigenvalue weighted by Crippen LogP contribution is 2.29. The molecule has 0 atom stereocenters. The predicted octanol–water partition coefficient (Wildman–Crippen LogP) is 4.14. The molecule has 2 heterocycles. The summed E-state index contributed by atoms with van der Waals surface area (Å²) in [5.74, 6) is 0.729. The lowest BCUT2D eigenvalue weighted by Gasteiger charge is -2.20. The van der Waals surface area contributed by atoms with E-state index in [0.29, 0.717) is 29.6 Å².